The molecule has 0 radical (unpaired) electrons. The smallest absolute Gasteiger partial charge is 0.315 e. The minimum Gasteiger partial charge on any atom is -0.493 e. The van der Waals surface area contributed by atoms with Crippen molar-refractivity contribution in [2.24, 2.45) is 0 Å². The Balaban J connectivity index is 1.49. The van der Waals surface area contributed by atoms with Crippen LogP contribution in [0.5, 0.6) is 11.6 Å². The van der Waals surface area contributed by atoms with Gasteiger partial charge in [-0.15, -0.1) is 0 Å². The lowest BCUT2D eigenvalue weighted by Gasteiger charge is -2.26. The van der Waals surface area contributed by atoms with E-state index in [2.05, 4.69) is 21.7 Å². The van der Waals surface area contributed by atoms with Gasteiger partial charge in [-0.2, -0.15) is 0 Å². The maximum absolute atomic E-state index is 12.0. The van der Waals surface area contributed by atoms with Gasteiger partial charge in [-0.3, -0.25) is 0 Å². The number of aromatic nitrogens is 1. The number of ether oxygens (including phenoxy) is 2. The minimum absolute atomic E-state index is 0.205. The average Bonchev–Trinajstić information content (AvgIpc) is 2.64. The summed E-state index contributed by atoms with van der Waals surface area (Å²) in [5.74, 6) is 1.72. The Labute approximate surface area is 141 Å². The number of nitrogens with zero attached hydrogens (tertiary/aromatic N) is 1. The maximum Gasteiger partial charge on any atom is 0.315 e. The average molecular weight is 327 g/mol. The normalized spacial score (nSPS) is 15.8. The lowest BCUT2D eigenvalue weighted by atomic mass is 9.93. The molecule has 0 spiro atoms. The van der Waals surface area contributed by atoms with E-state index in [0.717, 1.165) is 23.4 Å². The van der Waals surface area contributed by atoms with Crippen LogP contribution in [-0.4, -0.2) is 31.3 Å². The van der Waals surface area contributed by atoms with Crippen LogP contribution in [0.3, 0.4) is 0 Å². The van der Waals surface area contributed by atoms with E-state index >= 15 is 0 Å². The number of amides is 2. The predicted octanol–water partition coefficient (Wildman–Crippen LogP) is 2.46. The van der Waals surface area contributed by atoms with Gasteiger partial charge in [0.05, 0.1) is 26.0 Å². The molecule has 2 aromatic rings. The van der Waals surface area contributed by atoms with E-state index in [-0.39, 0.29) is 11.9 Å². The molecule has 1 aliphatic rings. The Morgan fingerprint density at radius 3 is 3.00 bits per heavy atom. The molecule has 1 aliphatic heterocycles. The standard InChI is InChI=1S/C18H21N3O3/c1-23-17-8-4-5-14(21-17)12-20-18(22)19-11-13-9-10-24-16-7-3-2-6-15(13)16/h2-8,13H,9-12H2,1H3,(H2,19,20,22). The number of carbonyl (C=O) groups is 1. The fraction of sp³-hybridized carbons (Fsp3) is 0.333. The van der Waals surface area contributed by atoms with Crippen molar-refractivity contribution in [3.63, 3.8) is 0 Å². The summed E-state index contributed by atoms with van der Waals surface area (Å²) >= 11 is 0. The first-order chi connectivity index (χ1) is 11.8. The number of methoxy groups -OCH3 is 1. The summed E-state index contributed by atoms with van der Waals surface area (Å²) in [4.78, 5) is 16.3. The molecule has 6 nitrogen and oxygen atoms in total. The molecule has 126 valence electrons. The van der Waals surface area contributed by atoms with Crippen molar-refractivity contribution in [1.29, 1.82) is 0 Å². The molecule has 6 heteroatoms. The third-order valence-corrected chi connectivity index (χ3v) is 4.01. The maximum atomic E-state index is 12.0. The van der Waals surface area contributed by atoms with Crippen molar-refractivity contribution in [2.75, 3.05) is 20.3 Å². The second-order valence-corrected chi connectivity index (χ2v) is 5.61. The lowest BCUT2D eigenvalue weighted by molar-refractivity contribution is 0.235. The van der Waals surface area contributed by atoms with Gasteiger partial charge in [-0.05, 0) is 24.1 Å². The third-order valence-electron chi connectivity index (χ3n) is 4.01. The zero-order valence-corrected chi connectivity index (χ0v) is 13.6. The van der Waals surface area contributed by atoms with Crippen LogP contribution < -0.4 is 20.1 Å². The van der Waals surface area contributed by atoms with Gasteiger partial charge in [0.15, 0.2) is 0 Å². The van der Waals surface area contributed by atoms with Crippen LogP contribution in [0, 0.1) is 0 Å². The molecule has 2 N–H and O–H groups in total. The molecule has 1 aromatic heterocycles. The highest BCUT2D eigenvalue weighted by Gasteiger charge is 2.21. The number of hydrogen-bond donors (Lipinski definition) is 2. The first-order valence-corrected chi connectivity index (χ1v) is 7.99. The van der Waals surface area contributed by atoms with Gasteiger partial charge in [0.2, 0.25) is 5.88 Å². The fourth-order valence-electron chi connectivity index (χ4n) is 2.75. The number of pyridine rings is 1. The Morgan fingerprint density at radius 2 is 2.12 bits per heavy atom. The van der Waals surface area contributed by atoms with Gasteiger partial charge in [-0.25, -0.2) is 9.78 Å². The van der Waals surface area contributed by atoms with E-state index < -0.39 is 0 Å². The van der Waals surface area contributed by atoms with Crippen molar-refractivity contribution in [3.05, 3.63) is 53.7 Å². The van der Waals surface area contributed by atoms with Crippen molar-refractivity contribution in [3.8, 4) is 11.6 Å². The molecule has 2 heterocycles. The van der Waals surface area contributed by atoms with Crippen LogP contribution in [0.25, 0.3) is 0 Å². The van der Waals surface area contributed by atoms with Gasteiger partial charge in [0, 0.05) is 18.5 Å². The summed E-state index contributed by atoms with van der Waals surface area (Å²) < 4.78 is 10.7. The summed E-state index contributed by atoms with van der Waals surface area (Å²) in [6.45, 7) is 1.61. The number of para-hydroxylation sites is 1. The zero-order chi connectivity index (χ0) is 16.8. The van der Waals surface area contributed by atoms with Crippen molar-refractivity contribution in [2.45, 2.75) is 18.9 Å². The summed E-state index contributed by atoms with van der Waals surface area (Å²) in [6.07, 6.45) is 0.898. The summed E-state index contributed by atoms with van der Waals surface area (Å²) in [5, 5.41) is 5.74. The number of fused-ring (bicyclic) bond motifs is 1. The van der Waals surface area contributed by atoms with Gasteiger partial charge in [0.1, 0.15) is 5.75 Å². The van der Waals surface area contributed by atoms with Crippen molar-refractivity contribution >= 4 is 6.03 Å². The largest absolute Gasteiger partial charge is 0.493 e. The lowest BCUT2D eigenvalue weighted by Crippen LogP contribution is -2.38. The monoisotopic (exact) mass is 327 g/mol. The SMILES string of the molecule is COc1cccc(CNC(=O)NCC2CCOc3ccccc32)n1. The number of hydrogen-bond acceptors (Lipinski definition) is 4. The Bertz CT molecular complexity index is 705. The number of urea groups is 1. The molecule has 0 saturated carbocycles. The first-order valence-electron chi connectivity index (χ1n) is 7.99. The molecule has 2 amide bonds. The molecule has 24 heavy (non-hydrogen) atoms. The second kappa shape index (κ2) is 7.68. The molecular weight excluding hydrogens is 306 g/mol. The summed E-state index contributed by atoms with van der Waals surface area (Å²) in [6, 6.07) is 13.2. The van der Waals surface area contributed by atoms with Crippen LogP contribution in [0.1, 0.15) is 23.6 Å². The van der Waals surface area contributed by atoms with Gasteiger partial charge < -0.3 is 20.1 Å². The number of rotatable bonds is 5. The Kier molecular flexibility index (Phi) is 5.15. The van der Waals surface area contributed by atoms with Crippen LogP contribution >= 0.6 is 0 Å². The molecular formula is C18H21N3O3. The van der Waals surface area contributed by atoms with E-state index in [4.69, 9.17) is 9.47 Å². The highest BCUT2D eigenvalue weighted by Crippen LogP contribution is 2.32. The quantitative estimate of drug-likeness (QED) is 0.885. The van der Waals surface area contributed by atoms with Gasteiger partial charge >= 0.3 is 6.03 Å². The molecule has 0 fully saturated rings. The highest BCUT2D eigenvalue weighted by molar-refractivity contribution is 5.73. The van der Waals surface area contributed by atoms with Crippen LogP contribution in [-0.2, 0) is 6.54 Å². The Morgan fingerprint density at radius 1 is 1.25 bits per heavy atom. The number of nitrogens with one attached hydrogen (secondary N) is 2. The molecule has 0 aliphatic carbocycles. The molecule has 0 bridgehead atoms. The second-order valence-electron chi connectivity index (χ2n) is 5.61. The van der Waals surface area contributed by atoms with E-state index in [9.17, 15) is 4.79 Å². The topological polar surface area (TPSA) is 72.5 Å². The molecule has 1 unspecified atom stereocenters. The summed E-state index contributed by atoms with van der Waals surface area (Å²) in [5.41, 5.74) is 1.90. The molecule has 1 aromatic carbocycles. The third kappa shape index (κ3) is 3.95. The Hall–Kier alpha value is -2.76. The van der Waals surface area contributed by atoms with Crippen LogP contribution in [0.4, 0.5) is 4.79 Å². The van der Waals surface area contributed by atoms with E-state index in [1.165, 1.54) is 0 Å². The molecule has 0 saturated heterocycles. The zero-order valence-electron chi connectivity index (χ0n) is 13.6. The van der Waals surface area contributed by atoms with Crippen LogP contribution in [0.15, 0.2) is 42.5 Å². The molecule has 1 atom stereocenters. The number of benzene rings is 1. The predicted molar refractivity (Wildman–Crippen MR) is 90.3 cm³/mol. The van der Waals surface area contributed by atoms with E-state index in [1.54, 1.807) is 13.2 Å². The van der Waals surface area contributed by atoms with Crippen molar-refractivity contribution in [1.82, 2.24) is 15.6 Å². The fourth-order valence-corrected chi connectivity index (χ4v) is 2.75. The molecule has 3 rings (SSSR count). The van der Waals surface area contributed by atoms with Crippen molar-refractivity contribution < 1.29 is 14.3 Å². The van der Waals surface area contributed by atoms with Crippen LogP contribution in [0.2, 0.25) is 0 Å². The van der Waals surface area contributed by atoms with Gasteiger partial charge in [-0.1, -0.05) is 24.3 Å². The van der Waals surface area contributed by atoms with Gasteiger partial charge in [0.25, 0.3) is 0 Å². The highest BCUT2D eigenvalue weighted by atomic mass is 16.5. The first kappa shape index (κ1) is 16.1. The summed E-state index contributed by atoms with van der Waals surface area (Å²) in [7, 11) is 1.57. The van der Waals surface area contributed by atoms with E-state index in [1.807, 2.05) is 30.3 Å². The minimum atomic E-state index is -0.205. The van der Waals surface area contributed by atoms with E-state index in [0.29, 0.717) is 25.6 Å². The number of carbonyl (C=O) groups excluding carboxylic acids is 1.